The molecule has 0 amide bonds. The summed E-state index contributed by atoms with van der Waals surface area (Å²) in [5.41, 5.74) is 0. The molecule has 19 heavy (non-hydrogen) atoms. The topological polar surface area (TPSA) is 138 Å². The number of hydrogen-bond acceptors (Lipinski definition) is 8. The summed E-state index contributed by atoms with van der Waals surface area (Å²) in [6, 6.07) is 0. The molecule has 0 radical (unpaired) electrons. The highest BCUT2D eigenvalue weighted by Crippen LogP contribution is 2.70. The fourth-order valence-corrected chi connectivity index (χ4v) is 5.06. The first-order valence-electron chi connectivity index (χ1n) is 5.21. The van der Waals surface area contributed by atoms with Crippen molar-refractivity contribution in [1.29, 1.82) is 0 Å². The average Bonchev–Trinajstić information content (AvgIpc) is 2.13. The molecule has 0 bridgehead atoms. The van der Waals surface area contributed by atoms with Gasteiger partial charge in [-0.3, -0.25) is 13.6 Å². The molecule has 13 heteroatoms. The van der Waals surface area contributed by atoms with E-state index in [0.29, 0.717) is 0 Å². The number of rotatable bonds is 10. The van der Waals surface area contributed by atoms with Gasteiger partial charge in [-0.1, -0.05) is 0 Å². The lowest BCUT2D eigenvalue weighted by atomic mass is 10.9. The van der Waals surface area contributed by atoms with Gasteiger partial charge in [0.25, 0.3) is 0 Å². The SMILES string of the molecule is CCOP(=O)(OCC)OP(=O)(OCC)OP(=O)(O)O. The van der Waals surface area contributed by atoms with Crippen LogP contribution in [0.5, 0.6) is 0 Å². The van der Waals surface area contributed by atoms with Crippen molar-refractivity contribution in [1.82, 2.24) is 0 Å². The quantitative estimate of drug-likeness (QED) is 0.569. The minimum absolute atomic E-state index is 0.112. The highest BCUT2D eigenvalue weighted by molar-refractivity contribution is 7.67. The smallest absolute Gasteiger partial charge is 0.302 e. The van der Waals surface area contributed by atoms with E-state index in [0.717, 1.165) is 0 Å². The van der Waals surface area contributed by atoms with Crippen LogP contribution in [0, 0.1) is 0 Å². The highest BCUT2D eigenvalue weighted by Gasteiger charge is 2.44. The summed E-state index contributed by atoms with van der Waals surface area (Å²) < 4.78 is 56.7. The van der Waals surface area contributed by atoms with Gasteiger partial charge in [-0.15, -0.1) is 0 Å². The predicted octanol–water partition coefficient (Wildman–Crippen LogP) is 2.44. The summed E-state index contributed by atoms with van der Waals surface area (Å²) in [5.74, 6) is 0. The number of phosphoric ester groups is 1. The summed E-state index contributed by atoms with van der Waals surface area (Å²) in [6.45, 7) is 3.80. The Balaban J connectivity index is 5.13. The molecule has 0 aromatic rings. The zero-order valence-electron chi connectivity index (χ0n) is 10.6. The first-order chi connectivity index (χ1) is 8.60. The van der Waals surface area contributed by atoms with Crippen molar-refractivity contribution in [2.75, 3.05) is 19.8 Å². The van der Waals surface area contributed by atoms with Gasteiger partial charge in [0, 0.05) is 0 Å². The summed E-state index contributed by atoms with van der Waals surface area (Å²) in [7, 11) is -14.3. The third-order valence-corrected chi connectivity index (χ3v) is 6.24. The summed E-state index contributed by atoms with van der Waals surface area (Å²) in [4.78, 5) is 17.2. The van der Waals surface area contributed by atoms with Gasteiger partial charge in [0.15, 0.2) is 0 Å². The van der Waals surface area contributed by atoms with E-state index in [2.05, 4.69) is 22.2 Å². The zero-order chi connectivity index (χ0) is 15.2. The van der Waals surface area contributed by atoms with Crippen molar-refractivity contribution >= 4 is 23.5 Å². The minimum atomic E-state index is -5.19. The van der Waals surface area contributed by atoms with E-state index in [1.54, 1.807) is 0 Å². The molecule has 0 spiro atoms. The van der Waals surface area contributed by atoms with Crippen LogP contribution < -0.4 is 0 Å². The van der Waals surface area contributed by atoms with Crippen LogP contribution in [0.1, 0.15) is 20.8 Å². The molecular formula is C6H17O10P3. The van der Waals surface area contributed by atoms with Gasteiger partial charge in [-0.25, -0.2) is 13.7 Å². The molecule has 0 aromatic heterocycles. The van der Waals surface area contributed by atoms with Crippen molar-refractivity contribution in [3.8, 4) is 0 Å². The Morgan fingerprint density at radius 1 is 0.737 bits per heavy atom. The fourth-order valence-electron chi connectivity index (χ4n) is 0.874. The first-order valence-corrected chi connectivity index (χ1v) is 9.66. The standard InChI is InChI=1S/C6H17O10P3/c1-4-12-18(10,13-5-2)16-19(11,14-6-3)15-17(7,8)9/h4-6H2,1-3H3,(H2,7,8,9). The van der Waals surface area contributed by atoms with E-state index in [9.17, 15) is 13.7 Å². The minimum Gasteiger partial charge on any atom is -0.302 e. The van der Waals surface area contributed by atoms with E-state index >= 15 is 0 Å². The van der Waals surface area contributed by atoms with Gasteiger partial charge in [0.2, 0.25) is 0 Å². The lowest BCUT2D eigenvalue weighted by Crippen LogP contribution is -2.03. The number of phosphoric acid groups is 3. The molecule has 0 saturated carbocycles. The Bertz CT molecular complexity index is 392. The van der Waals surface area contributed by atoms with E-state index < -0.39 is 23.5 Å². The number of hydrogen-bond donors (Lipinski definition) is 2. The van der Waals surface area contributed by atoms with Gasteiger partial charge in [-0.05, 0) is 20.8 Å². The maximum atomic E-state index is 11.9. The summed E-state index contributed by atoms with van der Waals surface area (Å²) in [6.07, 6.45) is 0. The normalized spacial score (nSPS) is 16.3. The Labute approximate surface area is 110 Å². The third-order valence-electron chi connectivity index (χ3n) is 1.27. The lowest BCUT2D eigenvalue weighted by Gasteiger charge is -2.21. The second-order valence-corrected chi connectivity index (χ2v) is 7.65. The fraction of sp³-hybridized carbons (Fsp3) is 1.00. The average molecular weight is 342 g/mol. The van der Waals surface area contributed by atoms with Crippen molar-refractivity contribution in [2.45, 2.75) is 20.8 Å². The second kappa shape index (κ2) is 8.00. The molecule has 2 N–H and O–H groups in total. The molecule has 0 heterocycles. The van der Waals surface area contributed by atoms with Crippen LogP contribution in [0.15, 0.2) is 0 Å². The molecule has 0 aliphatic heterocycles. The zero-order valence-corrected chi connectivity index (χ0v) is 13.3. The van der Waals surface area contributed by atoms with E-state index in [-0.39, 0.29) is 19.8 Å². The molecular weight excluding hydrogens is 325 g/mol. The molecule has 0 saturated heterocycles. The Morgan fingerprint density at radius 3 is 1.42 bits per heavy atom. The Hall–Kier alpha value is 0.410. The monoisotopic (exact) mass is 342 g/mol. The van der Waals surface area contributed by atoms with Crippen molar-refractivity contribution in [2.24, 2.45) is 0 Å². The van der Waals surface area contributed by atoms with Crippen molar-refractivity contribution < 1.29 is 45.7 Å². The van der Waals surface area contributed by atoms with Crippen LogP contribution in [-0.2, 0) is 35.9 Å². The summed E-state index contributed by atoms with van der Waals surface area (Å²) >= 11 is 0. The highest BCUT2D eigenvalue weighted by atomic mass is 31.3. The van der Waals surface area contributed by atoms with Gasteiger partial charge < -0.3 is 9.79 Å². The van der Waals surface area contributed by atoms with Crippen molar-refractivity contribution in [3.63, 3.8) is 0 Å². The molecule has 0 aliphatic carbocycles. The van der Waals surface area contributed by atoms with Crippen LogP contribution in [0.2, 0.25) is 0 Å². The predicted molar refractivity (Wildman–Crippen MR) is 64.3 cm³/mol. The maximum Gasteiger partial charge on any atom is 0.492 e. The third kappa shape index (κ3) is 8.32. The molecule has 0 fully saturated rings. The van der Waals surface area contributed by atoms with E-state index in [1.807, 2.05) is 0 Å². The summed E-state index contributed by atoms with van der Waals surface area (Å²) in [5, 5.41) is 0. The molecule has 1 atom stereocenters. The van der Waals surface area contributed by atoms with E-state index in [1.165, 1.54) is 20.8 Å². The van der Waals surface area contributed by atoms with Crippen LogP contribution in [0.4, 0.5) is 0 Å². The molecule has 0 rings (SSSR count). The van der Waals surface area contributed by atoms with Gasteiger partial charge in [0.05, 0.1) is 19.8 Å². The Kier molecular flexibility index (Phi) is 8.17. The van der Waals surface area contributed by atoms with E-state index in [4.69, 9.17) is 9.79 Å². The lowest BCUT2D eigenvalue weighted by molar-refractivity contribution is 0.133. The van der Waals surface area contributed by atoms with Gasteiger partial charge in [0.1, 0.15) is 0 Å². The first kappa shape index (κ1) is 19.4. The van der Waals surface area contributed by atoms with Gasteiger partial charge in [-0.2, -0.15) is 8.62 Å². The molecule has 0 aliphatic rings. The molecule has 10 nitrogen and oxygen atoms in total. The molecule has 1 unspecified atom stereocenters. The van der Waals surface area contributed by atoms with Gasteiger partial charge >= 0.3 is 23.5 Å². The molecule has 0 aromatic carbocycles. The van der Waals surface area contributed by atoms with Crippen LogP contribution in [0.3, 0.4) is 0 Å². The Morgan fingerprint density at radius 2 is 1.11 bits per heavy atom. The maximum absolute atomic E-state index is 11.9. The van der Waals surface area contributed by atoms with Crippen molar-refractivity contribution in [3.05, 3.63) is 0 Å². The van der Waals surface area contributed by atoms with Crippen LogP contribution in [0.25, 0.3) is 0 Å². The van der Waals surface area contributed by atoms with Crippen LogP contribution in [-0.4, -0.2) is 29.6 Å². The largest absolute Gasteiger partial charge is 0.492 e. The second-order valence-electron chi connectivity index (χ2n) is 2.80. The molecule has 116 valence electrons. The van der Waals surface area contributed by atoms with Crippen LogP contribution >= 0.6 is 23.5 Å².